The fourth-order valence-electron chi connectivity index (χ4n) is 2.94. The molecule has 1 aromatic rings. The first-order chi connectivity index (χ1) is 11.6. The van der Waals surface area contributed by atoms with Crippen LogP contribution in [0, 0.1) is 5.92 Å². The van der Waals surface area contributed by atoms with Crippen molar-refractivity contribution in [3.05, 3.63) is 23.8 Å². The number of benzene rings is 1. The van der Waals surface area contributed by atoms with E-state index in [4.69, 9.17) is 9.47 Å². The van der Waals surface area contributed by atoms with Gasteiger partial charge in [0.2, 0.25) is 17.8 Å². The van der Waals surface area contributed by atoms with Crippen molar-refractivity contribution < 1.29 is 23.9 Å². The van der Waals surface area contributed by atoms with E-state index < -0.39 is 0 Å². The molecule has 0 bridgehead atoms. The quantitative estimate of drug-likeness (QED) is 0.863. The minimum Gasteiger partial charge on any atom is -0.454 e. The van der Waals surface area contributed by atoms with Gasteiger partial charge < -0.3 is 19.7 Å². The average Bonchev–Trinajstić information content (AvgIpc) is 3.14. The summed E-state index contributed by atoms with van der Waals surface area (Å²) in [6, 6.07) is 4.69. The van der Waals surface area contributed by atoms with E-state index in [1.54, 1.807) is 23.1 Å². The molecule has 2 fully saturated rings. The van der Waals surface area contributed by atoms with Crippen LogP contribution in [0.1, 0.15) is 16.8 Å². The van der Waals surface area contributed by atoms with Gasteiger partial charge in [-0.15, -0.1) is 0 Å². The minimum absolute atomic E-state index is 0.0240. The molecule has 0 radical (unpaired) electrons. The Hall–Kier alpha value is -2.22. The molecule has 1 atom stereocenters. The van der Waals surface area contributed by atoms with Gasteiger partial charge in [-0.3, -0.25) is 14.4 Å². The smallest absolute Gasteiger partial charge is 0.254 e. The highest BCUT2D eigenvalue weighted by molar-refractivity contribution is 8.14. The van der Waals surface area contributed by atoms with Crippen LogP contribution in [0.2, 0.25) is 0 Å². The lowest BCUT2D eigenvalue weighted by atomic mass is 9.97. The van der Waals surface area contributed by atoms with E-state index in [1.807, 2.05) is 0 Å². The van der Waals surface area contributed by atoms with Crippen molar-refractivity contribution in [3.63, 3.8) is 0 Å². The maximum absolute atomic E-state index is 12.4. The standard InChI is InChI=1S/C16H16N2O5S/c19-14(17-11-3-4-24-16(11)21)10-6-18(7-10)15(20)9-1-2-12-13(5-9)23-8-22-12/h1-2,5,10-11H,3-4,6-8H2,(H,17,19)/t11-/m1/s1. The van der Waals surface area contributed by atoms with Crippen LogP contribution in [-0.4, -0.2) is 53.5 Å². The number of hydrogen-bond donors (Lipinski definition) is 1. The van der Waals surface area contributed by atoms with Gasteiger partial charge >= 0.3 is 0 Å². The zero-order valence-electron chi connectivity index (χ0n) is 12.8. The fourth-order valence-corrected chi connectivity index (χ4v) is 3.87. The molecule has 0 unspecified atom stereocenters. The number of carbonyl (C=O) groups excluding carboxylic acids is 3. The van der Waals surface area contributed by atoms with Crippen molar-refractivity contribution in [1.82, 2.24) is 10.2 Å². The highest BCUT2D eigenvalue weighted by Crippen LogP contribution is 2.33. The first-order valence-electron chi connectivity index (χ1n) is 7.78. The number of ether oxygens (including phenoxy) is 2. The maximum atomic E-state index is 12.4. The molecule has 7 nitrogen and oxygen atoms in total. The van der Waals surface area contributed by atoms with Crippen LogP contribution in [0.15, 0.2) is 18.2 Å². The average molecular weight is 348 g/mol. The molecule has 8 heteroatoms. The number of thioether (sulfide) groups is 1. The second-order valence-corrected chi connectivity index (χ2v) is 7.09. The largest absolute Gasteiger partial charge is 0.454 e. The number of nitrogens with one attached hydrogen (secondary N) is 1. The van der Waals surface area contributed by atoms with Crippen LogP contribution < -0.4 is 14.8 Å². The first-order valence-corrected chi connectivity index (χ1v) is 8.76. The van der Waals surface area contributed by atoms with Crippen molar-refractivity contribution in [3.8, 4) is 11.5 Å². The number of rotatable bonds is 3. The van der Waals surface area contributed by atoms with Gasteiger partial charge in [-0.2, -0.15) is 0 Å². The van der Waals surface area contributed by atoms with Gasteiger partial charge in [-0.1, -0.05) is 11.8 Å². The summed E-state index contributed by atoms with van der Waals surface area (Å²) >= 11 is 1.26. The molecular formula is C16H16N2O5S. The van der Waals surface area contributed by atoms with Gasteiger partial charge in [0.1, 0.15) is 0 Å². The van der Waals surface area contributed by atoms with Gasteiger partial charge in [0.25, 0.3) is 5.91 Å². The third kappa shape index (κ3) is 2.71. The van der Waals surface area contributed by atoms with Gasteiger partial charge in [-0.25, -0.2) is 0 Å². The highest BCUT2D eigenvalue weighted by atomic mass is 32.2. The third-order valence-corrected chi connectivity index (χ3v) is 5.42. The van der Waals surface area contributed by atoms with E-state index in [0.717, 1.165) is 5.75 Å². The monoisotopic (exact) mass is 348 g/mol. The molecule has 126 valence electrons. The van der Waals surface area contributed by atoms with E-state index in [-0.39, 0.29) is 35.7 Å². The Balaban J connectivity index is 1.32. The number of fused-ring (bicyclic) bond motifs is 1. The lowest BCUT2D eigenvalue weighted by Gasteiger charge is -2.38. The van der Waals surface area contributed by atoms with Crippen LogP contribution >= 0.6 is 11.8 Å². The molecule has 3 heterocycles. The van der Waals surface area contributed by atoms with E-state index in [1.165, 1.54) is 11.8 Å². The molecule has 3 aliphatic rings. The van der Waals surface area contributed by atoms with Crippen LogP contribution in [0.4, 0.5) is 0 Å². The van der Waals surface area contributed by atoms with Gasteiger partial charge in [-0.05, 0) is 24.6 Å². The molecule has 1 N–H and O–H groups in total. The molecule has 0 spiro atoms. The molecule has 0 aromatic heterocycles. The van der Waals surface area contributed by atoms with Crippen LogP contribution in [-0.2, 0) is 9.59 Å². The van der Waals surface area contributed by atoms with Crippen molar-refractivity contribution in [2.24, 2.45) is 5.92 Å². The third-order valence-electron chi connectivity index (χ3n) is 4.41. The van der Waals surface area contributed by atoms with E-state index in [9.17, 15) is 14.4 Å². The second-order valence-electron chi connectivity index (χ2n) is 5.99. The summed E-state index contributed by atoms with van der Waals surface area (Å²) in [4.78, 5) is 37.7. The zero-order valence-corrected chi connectivity index (χ0v) is 13.6. The normalized spacial score (nSPS) is 22.4. The SMILES string of the molecule is O=C(N[C@@H]1CCSC1=O)C1CN(C(=O)c2ccc3c(c2)OCO3)C1. The van der Waals surface area contributed by atoms with E-state index in [2.05, 4.69) is 5.32 Å². The molecular weight excluding hydrogens is 332 g/mol. The Kier molecular flexibility index (Phi) is 3.84. The summed E-state index contributed by atoms with van der Waals surface area (Å²) in [7, 11) is 0. The minimum atomic E-state index is -0.374. The molecule has 24 heavy (non-hydrogen) atoms. The summed E-state index contributed by atoms with van der Waals surface area (Å²) in [5, 5.41) is 2.80. The molecule has 3 aliphatic heterocycles. The predicted octanol–water partition coefficient (Wildman–Crippen LogP) is 0.636. The summed E-state index contributed by atoms with van der Waals surface area (Å²) in [5.41, 5.74) is 0.514. The number of nitrogens with zero attached hydrogens (tertiary/aromatic N) is 1. The van der Waals surface area contributed by atoms with E-state index >= 15 is 0 Å². The number of amides is 2. The van der Waals surface area contributed by atoms with Gasteiger partial charge in [0, 0.05) is 24.4 Å². The topological polar surface area (TPSA) is 84.9 Å². The second kappa shape index (κ2) is 6.01. The van der Waals surface area contributed by atoms with Crippen LogP contribution in [0.5, 0.6) is 11.5 Å². The maximum Gasteiger partial charge on any atom is 0.254 e. The lowest BCUT2D eigenvalue weighted by Crippen LogP contribution is -2.57. The van der Waals surface area contributed by atoms with E-state index in [0.29, 0.717) is 36.6 Å². The molecule has 2 saturated heterocycles. The Labute approximate surface area is 142 Å². The summed E-state index contributed by atoms with van der Waals surface area (Å²) in [5.74, 6) is 1.42. The highest BCUT2D eigenvalue weighted by Gasteiger charge is 2.38. The zero-order chi connectivity index (χ0) is 16.7. The Morgan fingerprint density at radius 2 is 2.00 bits per heavy atom. The van der Waals surface area contributed by atoms with Crippen molar-refractivity contribution in [2.75, 3.05) is 25.6 Å². The number of likely N-dealkylation sites (tertiary alicyclic amines) is 1. The molecule has 0 aliphatic carbocycles. The van der Waals surface area contributed by atoms with Crippen molar-refractivity contribution >= 4 is 28.7 Å². The summed E-state index contributed by atoms with van der Waals surface area (Å²) in [6.45, 7) is 0.900. The Morgan fingerprint density at radius 3 is 2.75 bits per heavy atom. The van der Waals surface area contributed by atoms with Crippen LogP contribution in [0.3, 0.4) is 0 Å². The Bertz CT molecular complexity index is 716. The Morgan fingerprint density at radius 1 is 1.21 bits per heavy atom. The van der Waals surface area contributed by atoms with Gasteiger partial charge in [0.05, 0.1) is 12.0 Å². The number of hydrogen-bond acceptors (Lipinski definition) is 6. The summed E-state index contributed by atoms with van der Waals surface area (Å²) < 4.78 is 10.5. The summed E-state index contributed by atoms with van der Waals surface area (Å²) in [6.07, 6.45) is 0.682. The van der Waals surface area contributed by atoms with Crippen LogP contribution in [0.25, 0.3) is 0 Å². The molecule has 0 saturated carbocycles. The number of carbonyl (C=O) groups is 3. The lowest BCUT2D eigenvalue weighted by molar-refractivity contribution is -0.131. The van der Waals surface area contributed by atoms with Crippen molar-refractivity contribution in [1.29, 1.82) is 0 Å². The van der Waals surface area contributed by atoms with Gasteiger partial charge in [0.15, 0.2) is 11.5 Å². The first kappa shape index (κ1) is 15.3. The predicted molar refractivity (Wildman–Crippen MR) is 86.0 cm³/mol. The van der Waals surface area contributed by atoms with Crippen molar-refractivity contribution in [2.45, 2.75) is 12.5 Å². The molecule has 1 aromatic carbocycles. The molecule has 4 rings (SSSR count). The molecule has 2 amide bonds. The fraction of sp³-hybridized carbons (Fsp3) is 0.438.